The molecule has 39 heavy (non-hydrogen) atoms. The standard InChI is InChI=1S/C28H30F3N3O4S/c1-28(2,38)27(18-9-5-7-15-6-3-4-8-17(15)18)39-14-22(36)25(26(37)23(39)13-35)34-12-21(32-33-34)16-10-19(29)24(31)20(30)11-16/h3-12,22-23,25-27,35-39H,13-14H2,1-2H3/t22-,23+,25-,26-,27-/m0/s1. The Balaban J connectivity index is 1.51. The Morgan fingerprint density at radius 3 is 2.38 bits per heavy atom. The largest absolute Gasteiger partial charge is 0.395 e. The van der Waals surface area contributed by atoms with Crippen LogP contribution in [0.2, 0.25) is 0 Å². The van der Waals surface area contributed by atoms with E-state index in [-0.39, 0.29) is 17.0 Å². The van der Waals surface area contributed by atoms with E-state index in [1.54, 1.807) is 13.8 Å². The Hall–Kier alpha value is -2.96. The molecule has 0 bridgehead atoms. The second-order valence-corrected chi connectivity index (χ2v) is 13.0. The molecule has 2 heterocycles. The van der Waals surface area contributed by atoms with E-state index in [9.17, 15) is 33.6 Å². The van der Waals surface area contributed by atoms with Gasteiger partial charge >= 0.3 is 0 Å². The van der Waals surface area contributed by atoms with Crippen LogP contribution in [-0.2, 0) is 0 Å². The number of hydrogen-bond acceptors (Lipinski definition) is 6. The molecule has 6 atom stereocenters. The van der Waals surface area contributed by atoms with E-state index in [4.69, 9.17) is 0 Å². The summed E-state index contributed by atoms with van der Waals surface area (Å²) in [5, 5.41) is 53.2. The zero-order chi connectivity index (χ0) is 28.1. The minimum absolute atomic E-state index is 0.0192. The Morgan fingerprint density at radius 2 is 1.72 bits per heavy atom. The first-order valence-corrected chi connectivity index (χ1v) is 14.2. The first-order valence-electron chi connectivity index (χ1n) is 12.5. The van der Waals surface area contributed by atoms with Gasteiger partial charge in [-0.15, -0.1) is 5.10 Å². The molecule has 0 spiro atoms. The monoisotopic (exact) mass is 561 g/mol. The summed E-state index contributed by atoms with van der Waals surface area (Å²) >= 11 is 0. The van der Waals surface area contributed by atoms with E-state index in [2.05, 4.69) is 10.3 Å². The third-order valence-electron chi connectivity index (χ3n) is 7.36. The zero-order valence-corrected chi connectivity index (χ0v) is 22.2. The van der Waals surface area contributed by atoms with Gasteiger partial charge in [-0.25, -0.2) is 28.7 Å². The number of thiol groups is 1. The predicted octanol–water partition coefficient (Wildman–Crippen LogP) is 3.67. The average Bonchev–Trinajstić information content (AvgIpc) is 3.36. The van der Waals surface area contributed by atoms with Crippen molar-refractivity contribution in [3.05, 3.63) is 83.8 Å². The van der Waals surface area contributed by atoms with Gasteiger partial charge in [-0.2, -0.15) is 0 Å². The molecule has 1 saturated heterocycles. The molecule has 3 aromatic carbocycles. The van der Waals surface area contributed by atoms with Crippen LogP contribution in [0.5, 0.6) is 0 Å². The van der Waals surface area contributed by atoms with Crippen LogP contribution in [0, 0.1) is 17.5 Å². The molecular formula is C28H30F3N3O4S. The van der Waals surface area contributed by atoms with Crippen LogP contribution in [0.1, 0.15) is 30.7 Å². The minimum atomic E-state index is -1.60. The smallest absolute Gasteiger partial charge is 0.194 e. The molecule has 0 aliphatic carbocycles. The molecule has 4 N–H and O–H groups in total. The Kier molecular flexibility index (Phi) is 7.47. The van der Waals surface area contributed by atoms with Crippen LogP contribution < -0.4 is 0 Å². The topological polar surface area (TPSA) is 112 Å². The van der Waals surface area contributed by atoms with E-state index in [0.717, 1.165) is 28.5 Å². The number of aliphatic hydroxyl groups excluding tert-OH is 3. The van der Waals surface area contributed by atoms with E-state index in [1.807, 2.05) is 42.5 Å². The third kappa shape index (κ3) is 5.05. The molecule has 0 amide bonds. The van der Waals surface area contributed by atoms with Crippen LogP contribution in [0.25, 0.3) is 22.0 Å². The summed E-state index contributed by atoms with van der Waals surface area (Å²) in [5.74, 6) is -4.19. The van der Waals surface area contributed by atoms with E-state index >= 15 is 0 Å². The Bertz CT molecular complexity index is 1470. The van der Waals surface area contributed by atoms with Crippen molar-refractivity contribution in [2.24, 2.45) is 0 Å². The van der Waals surface area contributed by atoms with Gasteiger partial charge in [-0.3, -0.25) is 0 Å². The zero-order valence-electron chi connectivity index (χ0n) is 21.3. The molecule has 5 rings (SSSR count). The number of hydrogen-bond donors (Lipinski definition) is 5. The number of fused-ring (bicyclic) bond motifs is 1. The van der Waals surface area contributed by atoms with Crippen molar-refractivity contribution < 1.29 is 33.6 Å². The number of aliphatic hydroxyl groups is 4. The van der Waals surface area contributed by atoms with Gasteiger partial charge in [0, 0.05) is 21.8 Å². The lowest BCUT2D eigenvalue weighted by Crippen LogP contribution is -2.52. The Morgan fingerprint density at radius 1 is 1.05 bits per heavy atom. The van der Waals surface area contributed by atoms with Crippen LogP contribution in [0.4, 0.5) is 13.2 Å². The first kappa shape index (κ1) is 27.6. The van der Waals surface area contributed by atoms with Gasteiger partial charge in [0.1, 0.15) is 11.7 Å². The van der Waals surface area contributed by atoms with Crippen molar-refractivity contribution in [3.63, 3.8) is 0 Å². The normalized spacial score (nSPS) is 25.6. The van der Waals surface area contributed by atoms with Crippen molar-refractivity contribution in [1.29, 1.82) is 0 Å². The van der Waals surface area contributed by atoms with E-state index in [1.165, 1.54) is 10.9 Å². The quantitative estimate of drug-likeness (QED) is 0.182. The van der Waals surface area contributed by atoms with Gasteiger partial charge in [0.25, 0.3) is 0 Å². The lowest BCUT2D eigenvalue weighted by molar-refractivity contribution is 0.00573. The Labute approximate surface area is 225 Å². The lowest BCUT2D eigenvalue weighted by Gasteiger charge is -2.50. The third-order valence-corrected chi connectivity index (χ3v) is 11.1. The van der Waals surface area contributed by atoms with Crippen LogP contribution in [0.15, 0.2) is 60.8 Å². The molecule has 4 aromatic rings. The summed E-state index contributed by atoms with van der Waals surface area (Å²) in [6.45, 7) is 2.97. The van der Waals surface area contributed by atoms with E-state index in [0.29, 0.717) is 0 Å². The summed E-state index contributed by atoms with van der Waals surface area (Å²) in [4.78, 5) is 0. The molecule has 1 aliphatic heterocycles. The summed E-state index contributed by atoms with van der Waals surface area (Å²) in [6.07, 6.45) is -1.10. The number of aromatic nitrogens is 3. The number of benzene rings is 3. The number of nitrogens with zero attached hydrogens (tertiary/aromatic N) is 3. The molecular weight excluding hydrogens is 531 g/mol. The van der Waals surface area contributed by atoms with Gasteiger partial charge in [0.15, 0.2) is 17.5 Å². The lowest BCUT2D eigenvalue weighted by atomic mass is 9.93. The van der Waals surface area contributed by atoms with Gasteiger partial charge in [0.2, 0.25) is 0 Å². The van der Waals surface area contributed by atoms with Crippen molar-refractivity contribution in [2.45, 2.75) is 48.2 Å². The molecule has 1 fully saturated rings. The van der Waals surface area contributed by atoms with Gasteiger partial charge in [-0.1, -0.05) is 47.7 Å². The van der Waals surface area contributed by atoms with Crippen molar-refractivity contribution in [3.8, 4) is 11.3 Å². The summed E-state index contributed by atoms with van der Waals surface area (Å²) in [5.41, 5.74) is -0.416. The maximum Gasteiger partial charge on any atom is 0.194 e. The van der Waals surface area contributed by atoms with E-state index < -0.39 is 69.3 Å². The highest BCUT2D eigenvalue weighted by Gasteiger charge is 2.49. The van der Waals surface area contributed by atoms with Crippen molar-refractivity contribution in [2.75, 3.05) is 12.4 Å². The SMILES string of the molecule is CC(C)(O)[C@H](c1cccc2ccccc12)[SH]1C[C@H](O)[C@H](n2cc(-c3cc(F)c(F)c(F)c3)nn2)[C@@H](O)[C@H]1CO. The summed E-state index contributed by atoms with van der Waals surface area (Å²) in [7, 11) is -1.38. The fourth-order valence-corrected chi connectivity index (χ4v) is 9.35. The van der Waals surface area contributed by atoms with Crippen LogP contribution in [-0.4, -0.2) is 70.8 Å². The van der Waals surface area contributed by atoms with Crippen molar-refractivity contribution in [1.82, 2.24) is 15.0 Å². The summed E-state index contributed by atoms with van der Waals surface area (Å²) < 4.78 is 42.1. The molecule has 11 heteroatoms. The molecule has 0 radical (unpaired) electrons. The van der Waals surface area contributed by atoms with Gasteiger partial charge < -0.3 is 20.4 Å². The molecule has 7 nitrogen and oxygen atoms in total. The fraction of sp³-hybridized carbons (Fsp3) is 0.357. The van der Waals surface area contributed by atoms with Crippen LogP contribution in [0.3, 0.4) is 0 Å². The van der Waals surface area contributed by atoms with Gasteiger partial charge in [-0.05, 0) is 42.3 Å². The molecule has 1 aliphatic rings. The number of rotatable bonds is 6. The maximum atomic E-state index is 13.8. The first-order chi connectivity index (χ1) is 18.5. The van der Waals surface area contributed by atoms with Crippen LogP contribution >= 0.6 is 10.9 Å². The average molecular weight is 562 g/mol. The van der Waals surface area contributed by atoms with Crippen molar-refractivity contribution >= 4 is 21.7 Å². The summed E-state index contributed by atoms with van der Waals surface area (Å²) in [6, 6.07) is 14.1. The number of halogens is 3. The molecule has 0 saturated carbocycles. The highest BCUT2D eigenvalue weighted by Crippen LogP contribution is 2.58. The minimum Gasteiger partial charge on any atom is -0.395 e. The van der Waals surface area contributed by atoms with Gasteiger partial charge in [0.05, 0.1) is 30.6 Å². The molecule has 1 unspecified atom stereocenters. The second kappa shape index (κ2) is 10.5. The molecule has 1 aromatic heterocycles. The highest BCUT2D eigenvalue weighted by atomic mass is 32.2. The maximum absolute atomic E-state index is 13.8. The predicted molar refractivity (Wildman–Crippen MR) is 144 cm³/mol. The fourth-order valence-electron chi connectivity index (χ4n) is 5.67. The highest BCUT2D eigenvalue weighted by molar-refractivity contribution is 8.18. The molecule has 208 valence electrons. The second-order valence-electron chi connectivity index (χ2n) is 10.5.